The highest BCUT2D eigenvalue weighted by Gasteiger charge is 2.24. The summed E-state index contributed by atoms with van der Waals surface area (Å²) in [4.78, 5) is 16.5. The SMILES string of the molecule is Cc1ccc(CNC2CCC(n3nc(-c4cccnc4)ccc3=O)CC2)o1. The van der Waals surface area contributed by atoms with E-state index < -0.39 is 0 Å². The van der Waals surface area contributed by atoms with E-state index in [0.29, 0.717) is 6.04 Å². The van der Waals surface area contributed by atoms with Gasteiger partial charge >= 0.3 is 0 Å². The lowest BCUT2D eigenvalue weighted by Crippen LogP contribution is -2.36. The number of nitrogens with zero attached hydrogens (tertiary/aromatic N) is 3. The second-order valence-corrected chi connectivity index (χ2v) is 7.14. The molecule has 3 aromatic rings. The van der Waals surface area contributed by atoms with E-state index >= 15 is 0 Å². The standard InChI is InChI=1S/C21H24N4O2/c1-15-4-9-19(27-15)14-23-17-5-7-18(8-6-17)25-21(26)11-10-20(24-25)16-3-2-12-22-13-16/h2-4,9-13,17-18,23H,5-8,14H2,1H3. The Morgan fingerprint density at radius 3 is 2.70 bits per heavy atom. The minimum atomic E-state index is -0.0369. The van der Waals surface area contributed by atoms with Gasteiger partial charge in [-0.05, 0) is 62.9 Å². The van der Waals surface area contributed by atoms with Crippen LogP contribution in [0.1, 0.15) is 43.2 Å². The minimum absolute atomic E-state index is 0.0369. The molecule has 1 aliphatic carbocycles. The first kappa shape index (κ1) is 17.7. The highest BCUT2D eigenvalue weighted by molar-refractivity contribution is 5.56. The van der Waals surface area contributed by atoms with E-state index in [9.17, 15) is 4.79 Å². The fourth-order valence-corrected chi connectivity index (χ4v) is 3.70. The molecule has 4 rings (SSSR count). The average molecular weight is 364 g/mol. The first-order chi connectivity index (χ1) is 13.2. The Morgan fingerprint density at radius 2 is 2.00 bits per heavy atom. The van der Waals surface area contributed by atoms with Crippen LogP contribution in [0.4, 0.5) is 0 Å². The highest BCUT2D eigenvalue weighted by atomic mass is 16.3. The van der Waals surface area contributed by atoms with Gasteiger partial charge in [0.2, 0.25) is 0 Å². The van der Waals surface area contributed by atoms with Gasteiger partial charge in [-0.15, -0.1) is 0 Å². The second kappa shape index (κ2) is 7.88. The van der Waals surface area contributed by atoms with Crippen LogP contribution in [0.25, 0.3) is 11.3 Å². The van der Waals surface area contributed by atoms with Crippen molar-refractivity contribution in [3.05, 3.63) is 70.7 Å². The van der Waals surface area contributed by atoms with Crippen LogP contribution >= 0.6 is 0 Å². The van der Waals surface area contributed by atoms with Gasteiger partial charge in [-0.3, -0.25) is 9.78 Å². The lowest BCUT2D eigenvalue weighted by Gasteiger charge is -2.29. The van der Waals surface area contributed by atoms with Crippen LogP contribution in [0.3, 0.4) is 0 Å². The molecule has 3 aromatic heterocycles. The van der Waals surface area contributed by atoms with Crippen molar-refractivity contribution in [1.29, 1.82) is 0 Å². The first-order valence-corrected chi connectivity index (χ1v) is 9.48. The normalized spacial score (nSPS) is 19.9. The number of nitrogens with one attached hydrogen (secondary N) is 1. The number of pyridine rings is 1. The Labute approximate surface area is 158 Å². The maximum atomic E-state index is 12.4. The molecule has 0 radical (unpaired) electrons. The molecule has 0 bridgehead atoms. The van der Waals surface area contributed by atoms with Crippen LogP contribution in [-0.2, 0) is 6.54 Å². The Bertz CT molecular complexity index is 940. The maximum Gasteiger partial charge on any atom is 0.267 e. The molecule has 0 saturated heterocycles. The summed E-state index contributed by atoms with van der Waals surface area (Å²) in [5, 5.41) is 8.18. The van der Waals surface area contributed by atoms with E-state index in [-0.39, 0.29) is 11.6 Å². The fourth-order valence-electron chi connectivity index (χ4n) is 3.70. The summed E-state index contributed by atoms with van der Waals surface area (Å²) in [6.45, 7) is 2.71. The Balaban J connectivity index is 1.40. The summed E-state index contributed by atoms with van der Waals surface area (Å²) >= 11 is 0. The number of furan rings is 1. The van der Waals surface area contributed by atoms with Crippen LogP contribution < -0.4 is 10.9 Å². The molecule has 0 unspecified atom stereocenters. The maximum absolute atomic E-state index is 12.4. The molecule has 0 amide bonds. The van der Waals surface area contributed by atoms with Gasteiger partial charge in [-0.2, -0.15) is 5.10 Å². The zero-order chi connectivity index (χ0) is 18.6. The van der Waals surface area contributed by atoms with Gasteiger partial charge < -0.3 is 9.73 Å². The molecule has 0 spiro atoms. The summed E-state index contributed by atoms with van der Waals surface area (Å²) in [5.74, 6) is 1.91. The van der Waals surface area contributed by atoms with Gasteiger partial charge in [0.25, 0.3) is 5.56 Å². The lowest BCUT2D eigenvalue weighted by atomic mass is 9.91. The molecule has 140 valence electrons. The fraction of sp³-hybridized carbons (Fsp3) is 0.381. The van der Waals surface area contributed by atoms with Crippen molar-refractivity contribution in [2.24, 2.45) is 0 Å². The van der Waals surface area contributed by atoms with Crippen molar-refractivity contribution >= 4 is 0 Å². The molecule has 1 aliphatic rings. The van der Waals surface area contributed by atoms with E-state index in [1.807, 2.05) is 31.2 Å². The zero-order valence-corrected chi connectivity index (χ0v) is 15.5. The minimum Gasteiger partial charge on any atom is -0.465 e. The Morgan fingerprint density at radius 1 is 1.15 bits per heavy atom. The number of aromatic nitrogens is 3. The van der Waals surface area contributed by atoms with E-state index in [4.69, 9.17) is 4.42 Å². The topological polar surface area (TPSA) is 73.0 Å². The molecule has 0 atom stereocenters. The molecule has 1 N–H and O–H groups in total. The molecule has 1 fully saturated rings. The molecule has 27 heavy (non-hydrogen) atoms. The van der Waals surface area contributed by atoms with Crippen molar-refractivity contribution in [3.8, 4) is 11.3 Å². The van der Waals surface area contributed by atoms with Crippen LogP contribution in [0, 0.1) is 6.92 Å². The number of aryl methyl sites for hydroxylation is 1. The van der Waals surface area contributed by atoms with Gasteiger partial charge in [0.1, 0.15) is 11.5 Å². The first-order valence-electron chi connectivity index (χ1n) is 9.48. The van der Waals surface area contributed by atoms with E-state index in [0.717, 1.165) is 55.0 Å². The van der Waals surface area contributed by atoms with Crippen LogP contribution in [-0.4, -0.2) is 20.8 Å². The van der Waals surface area contributed by atoms with Crippen molar-refractivity contribution in [2.75, 3.05) is 0 Å². The zero-order valence-electron chi connectivity index (χ0n) is 15.5. The van der Waals surface area contributed by atoms with Crippen molar-refractivity contribution in [2.45, 2.75) is 51.2 Å². The van der Waals surface area contributed by atoms with E-state index in [2.05, 4.69) is 15.4 Å². The second-order valence-electron chi connectivity index (χ2n) is 7.14. The largest absolute Gasteiger partial charge is 0.465 e. The molecule has 1 saturated carbocycles. The van der Waals surface area contributed by atoms with Crippen molar-refractivity contribution < 1.29 is 4.42 Å². The summed E-state index contributed by atoms with van der Waals surface area (Å²) in [6, 6.07) is 11.8. The highest BCUT2D eigenvalue weighted by Crippen LogP contribution is 2.28. The third-order valence-corrected chi connectivity index (χ3v) is 5.19. The third-order valence-electron chi connectivity index (χ3n) is 5.19. The third kappa shape index (κ3) is 4.17. The molecular weight excluding hydrogens is 340 g/mol. The van der Waals surface area contributed by atoms with Crippen molar-refractivity contribution in [3.63, 3.8) is 0 Å². The summed E-state index contributed by atoms with van der Waals surface area (Å²) in [7, 11) is 0. The molecular formula is C21H24N4O2. The van der Waals surface area contributed by atoms with Gasteiger partial charge in [-0.1, -0.05) is 0 Å². The molecule has 6 heteroatoms. The van der Waals surface area contributed by atoms with Crippen LogP contribution in [0.2, 0.25) is 0 Å². The van der Waals surface area contributed by atoms with Crippen LogP contribution in [0.5, 0.6) is 0 Å². The molecule has 0 aromatic carbocycles. The summed E-state index contributed by atoms with van der Waals surface area (Å²) in [6.07, 6.45) is 7.44. The lowest BCUT2D eigenvalue weighted by molar-refractivity contribution is 0.265. The molecule has 3 heterocycles. The predicted molar refractivity (Wildman–Crippen MR) is 103 cm³/mol. The molecule has 0 aliphatic heterocycles. The van der Waals surface area contributed by atoms with Gasteiger partial charge in [0, 0.05) is 30.1 Å². The summed E-state index contributed by atoms with van der Waals surface area (Å²) < 4.78 is 7.27. The Kier molecular flexibility index (Phi) is 5.16. The number of hydrogen-bond acceptors (Lipinski definition) is 5. The molecule has 6 nitrogen and oxygen atoms in total. The van der Waals surface area contributed by atoms with Gasteiger partial charge in [-0.25, -0.2) is 4.68 Å². The predicted octanol–water partition coefficient (Wildman–Crippen LogP) is 3.48. The van der Waals surface area contributed by atoms with E-state index in [1.54, 1.807) is 29.2 Å². The monoisotopic (exact) mass is 364 g/mol. The summed E-state index contributed by atoms with van der Waals surface area (Å²) in [5.41, 5.74) is 1.68. The number of hydrogen-bond donors (Lipinski definition) is 1. The Hall–Kier alpha value is -2.73. The van der Waals surface area contributed by atoms with Crippen molar-refractivity contribution in [1.82, 2.24) is 20.1 Å². The van der Waals surface area contributed by atoms with E-state index in [1.165, 1.54) is 0 Å². The number of rotatable bonds is 5. The van der Waals surface area contributed by atoms with Gasteiger partial charge in [0.05, 0.1) is 18.3 Å². The quantitative estimate of drug-likeness (QED) is 0.750. The van der Waals surface area contributed by atoms with Crippen LogP contribution in [0.15, 0.2) is 58.0 Å². The van der Waals surface area contributed by atoms with Gasteiger partial charge in [0.15, 0.2) is 0 Å². The average Bonchev–Trinajstić information content (AvgIpc) is 3.13. The smallest absolute Gasteiger partial charge is 0.267 e.